The maximum atomic E-state index is 11.0. The minimum absolute atomic E-state index is 0.163. The molecule has 4 heteroatoms. The quantitative estimate of drug-likeness (QED) is 0.205. The lowest BCUT2D eigenvalue weighted by Gasteiger charge is -2.05. The lowest BCUT2D eigenvalue weighted by molar-refractivity contribution is -0.144. The first-order valence-electron chi connectivity index (χ1n) is 9.24. The van der Waals surface area contributed by atoms with Gasteiger partial charge in [-0.25, -0.2) is 4.79 Å². The third-order valence-electron chi connectivity index (χ3n) is 4.39. The van der Waals surface area contributed by atoms with Crippen LogP contribution in [0.15, 0.2) is 65.6 Å². The van der Waals surface area contributed by atoms with Gasteiger partial charge in [0.05, 0.1) is 0 Å². The van der Waals surface area contributed by atoms with Crippen LogP contribution in [0.2, 0.25) is 0 Å². The Morgan fingerprint density at radius 2 is 1.93 bits per heavy atom. The summed E-state index contributed by atoms with van der Waals surface area (Å²) in [5.74, 6) is 0.876. The SMILES string of the molecule is C=CC(=O)OCOc1ccc2cc(-c3ccc(CCCCC)cc3)oc2c1. The van der Waals surface area contributed by atoms with Crippen LogP contribution < -0.4 is 4.74 Å². The number of hydrogen-bond acceptors (Lipinski definition) is 4. The van der Waals surface area contributed by atoms with Gasteiger partial charge in [-0.2, -0.15) is 0 Å². The molecule has 0 radical (unpaired) electrons. The van der Waals surface area contributed by atoms with Gasteiger partial charge in [0.2, 0.25) is 6.79 Å². The molecule has 0 bridgehead atoms. The summed E-state index contributed by atoms with van der Waals surface area (Å²) < 4.78 is 16.2. The van der Waals surface area contributed by atoms with E-state index in [9.17, 15) is 4.79 Å². The van der Waals surface area contributed by atoms with Gasteiger partial charge in [0.1, 0.15) is 17.1 Å². The molecule has 0 spiro atoms. The van der Waals surface area contributed by atoms with Gasteiger partial charge in [-0.3, -0.25) is 0 Å². The first kappa shape index (κ1) is 18.8. The monoisotopic (exact) mass is 364 g/mol. The number of rotatable bonds is 9. The Bertz CT molecular complexity index is 906. The summed E-state index contributed by atoms with van der Waals surface area (Å²) in [7, 11) is 0. The number of furan rings is 1. The molecule has 0 N–H and O–H groups in total. The number of unbranched alkanes of at least 4 members (excludes halogenated alkanes) is 2. The summed E-state index contributed by atoms with van der Waals surface area (Å²) >= 11 is 0. The molecule has 0 aliphatic heterocycles. The summed E-state index contributed by atoms with van der Waals surface area (Å²) in [5, 5.41) is 0.993. The molecule has 0 saturated heterocycles. The molecule has 2 aromatic carbocycles. The molecule has 0 saturated carbocycles. The van der Waals surface area contributed by atoms with Crippen LogP contribution in [-0.2, 0) is 16.0 Å². The molecular formula is C23H24O4. The van der Waals surface area contributed by atoms with Gasteiger partial charge < -0.3 is 13.9 Å². The average Bonchev–Trinajstić information content (AvgIpc) is 3.12. The van der Waals surface area contributed by atoms with Crippen molar-refractivity contribution >= 4 is 16.9 Å². The molecule has 3 rings (SSSR count). The second kappa shape index (κ2) is 9.08. The van der Waals surface area contributed by atoms with Crippen molar-refractivity contribution in [1.29, 1.82) is 0 Å². The Morgan fingerprint density at radius 1 is 1.11 bits per heavy atom. The average molecular weight is 364 g/mol. The number of aryl methyl sites for hydroxylation is 1. The van der Waals surface area contributed by atoms with Gasteiger partial charge >= 0.3 is 5.97 Å². The van der Waals surface area contributed by atoms with E-state index in [0.29, 0.717) is 5.75 Å². The van der Waals surface area contributed by atoms with Crippen LogP contribution in [0.25, 0.3) is 22.3 Å². The van der Waals surface area contributed by atoms with Crippen LogP contribution in [0.4, 0.5) is 0 Å². The van der Waals surface area contributed by atoms with E-state index >= 15 is 0 Å². The van der Waals surface area contributed by atoms with E-state index in [1.807, 2.05) is 18.2 Å². The Hall–Kier alpha value is -3.01. The van der Waals surface area contributed by atoms with Gasteiger partial charge in [0.25, 0.3) is 0 Å². The van der Waals surface area contributed by atoms with Crippen molar-refractivity contribution in [3.63, 3.8) is 0 Å². The number of fused-ring (bicyclic) bond motifs is 1. The topological polar surface area (TPSA) is 48.7 Å². The minimum atomic E-state index is -0.519. The summed E-state index contributed by atoms with van der Waals surface area (Å²) in [5.41, 5.74) is 3.13. The van der Waals surface area contributed by atoms with Crippen molar-refractivity contribution in [2.75, 3.05) is 6.79 Å². The molecule has 1 aromatic heterocycles. The third-order valence-corrected chi connectivity index (χ3v) is 4.39. The summed E-state index contributed by atoms with van der Waals surface area (Å²) in [6.45, 7) is 5.39. The molecule has 0 amide bonds. The summed E-state index contributed by atoms with van der Waals surface area (Å²) in [6, 6.07) is 16.1. The summed E-state index contributed by atoms with van der Waals surface area (Å²) in [6.07, 6.45) is 5.94. The molecule has 0 fully saturated rings. The van der Waals surface area contributed by atoms with E-state index in [1.54, 1.807) is 6.07 Å². The van der Waals surface area contributed by atoms with Crippen molar-refractivity contribution in [2.24, 2.45) is 0 Å². The fourth-order valence-corrected chi connectivity index (χ4v) is 2.87. The highest BCUT2D eigenvalue weighted by molar-refractivity contribution is 5.84. The highest BCUT2D eigenvalue weighted by atomic mass is 16.7. The second-order valence-corrected chi connectivity index (χ2v) is 6.39. The molecule has 3 aromatic rings. The molecule has 0 aliphatic carbocycles. The van der Waals surface area contributed by atoms with E-state index in [1.165, 1.54) is 24.8 Å². The first-order valence-corrected chi connectivity index (χ1v) is 9.24. The number of benzene rings is 2. The van der Waals surface area contributed by atoms with Crippen molar-refractivity contribution in [2.45, 2.75) is 32.6 Å². The van der Waals surface area contributed by atoms with Gasteiger partial charge in [0, 0.05) is 23.1 Å². The molecule has 0 aliphatic rings. The number of esters is 1. The predicted molar refractivity (Wildman–Crippen MR) is 107 cm³/mol. The minimum Gasteiger partial charge on any atom is -0.457 e. The maximum Gasteiger partial charge on any atom is 0.333 e. The van der Waals surface area contributed by atoms with Crippen LogP contribution in [0.3, 0.4) is 0 Å². The van der Waals surface area contributed by atoms with E-state index in [0.717, 1.165) is 34.8 Å². The highest BCUT2D eigenvalue weighted by Crippen LogP contribution is 2.30. The lowest BCUT2D eigenvalue weighted by atomic mass is 10.0. The first-order chi connectivity index (χ1) is 13.2. The van der Waals surface area contributed by atoms with Crippen molar-refractivity contribution < 1.29 is 18.7 Å². The van der Waals surface area contributed by atoms with Crippen LogP contribution in [0, 0.1) is 0 Å². The molecule has 4 nitrogen and oxygen atoms in total. The standard InChI is InChI=1S/C23H24O4/c1-3-5-6-7-17-8-10-18(11-9-17)21-14-19-12-13-20(15-22(19)27-21)25-16-26-23(24)4-2/h4,8-15H,2-3,5-7,16H2,1H3. The van der Waals surface area contributed by atoms with E-state index in [2.05, 4.69) is 37.8 Å². The molecule has 1 heterocycles. The maximum absolute atomic E-state index is 11.0. The number of hydrogen-bond donors (Lipinski definition) is 0. The zero-order chi connectivity index (χ0) is 19.1. The smallest absolute Gasteiger partial charge is 0.333 e. The molecule has 0 atom stereocenters. The lowest BCUT2D eigenvalue weighted by Crippen LogP contribution is -2.07. The van der Waals surface area contributed by atoms with Crippen LogP contribution in [0.1, 0.15) is 31.7 Å². The van der Waals surface area contributed by atoms with E-state index in [4.69, 9.17) is 13.9 Å². The molecule has 140 valence electrons. The van der Waals surface area contributed by atoms with E-state index in [-0.39, 0.29) is 6.79 Å². The fraction of sp³-hybridized carbons (Fsp3) is 0.261. The Morgan fingerprint density at radius 3 is 2.67 bits per heavy atom. The van der Waals surface area contributed by atoms with Gasteiger partial charge in [-0.05, 0) is 36.6 Å². The fourth-order valence-electron chi connectivity index (χ4n) is 2.87. The highest BCUT2D eigenvalue weighted by Gasteiger charge is 2.08. The Kier molecular flexibility index (Phi) is 6.31. The van der Waals surface area contributed by atoms with Crippen molar-refractivity contribution in [3.05, 3.63) is 66.7 Å². The number of carbonyl (C=O) groups is 1. The Balaban J connectivity index is 1.68. The summed E-state index contributed by atoms with van der Waals surface area (Å²) in [4.78, 5) is 11.0. The largest absolute Gasteiger partial charge is 0.457 e. The molecule has 0 unspecified atom stereocenters. The number of ether oxygens (including phenoxy) is 2. The van der Waals surface area contributed by atoms with Crippen LogP contribution in [0.5, 0.6) is 5.75 Å². The zero-order valence-corrected chi connectivity index (χ0v) is 15.6. The van der Waals surface area contributed by atoms with Crippen LogP contribution in [-0.4, -0.2) is 12.8 Å². The van der Waals surface area contributed by atoms with Crippen molar-refractivity contribution in [3.8, 4) is 17.1 Å². The molecular weight excluding hydrogens is 340 g/mol. The third kappa shape index (κ3) is 5.00. The van der Waals surface area contributed by atoms with Gasteiger partial charge in [-0.1, -0.05) is 50.6 Å². The van der Waals surface area contributed by atoms with Gasteiger partial charge in [0.15, 0.2) is 0 Å². The second-order valence-electron chi connectivity index (χ2n) is 6.39. The van der Waals surface area contributed by atoms with Crippen molar-refractivity contribution in [1.82, 2.24) is 0 Å². The number of carbonyl (C=O) groups excluding carboxylic acids is 1. The van der Waals surface area contributed by atoms with Gasteiger partial charge in [-0.15, -0.1) is 0 Å². The zero-order valence-electron chi connectivity index (χ0n) is 15.6. The Labute approximate surface area is 159 Å². The molecule has 27 heavy (non-hydrogen) atoms. The van der Waals surface area contributed by atoms with E-state index < -0.39 is 5.97 Å². The predicted octanol–water partition coefficient (Wildman–Crippen LogP) is 5.90. The normalized spacial score (nSPS) is 10.7. The van der Waals surface area contributed by atoms with Crippen LogP contribution >= 0.6 is 0 Å².